The zero-order valence-corrected chi connectivity index (χ0v) is 23.4. The summed E-state index contributed by atoms with van der Waals surface area (Å²) in [6.07, 6.45) is 3.63. The lowest BCUT2D eigenvalue weighted by Gasteiger charge is -2.32. The van der Waals surface area contributed by atoms with Gasteiger partial charge in [0.15, 0.2) is 0 Å². The van der Waals surface area contributed by atoms with Crippen molar-refractivity contribution in [3.8, 4) is 0 Å². The van der Waals surface area contributed by atoms with Crippen LogP contribution in [-0.4, -0.2) is 59.2 Å². The molecule has 0 aliphatic heterocycles. The first-order valence-electron chi connectivity index (χ1n) is 13.0. The number of hydrogen-bond donors (Lipinski definition) is 2. The highest BCUT2D eigenvalue weighted by Crippen LogP contribution is 2.26. The first kappa shape index (κ1) is 28.7. The lowest BCUT2D eigenvalue weighted by Crippen LogP contribution is -2.52. The van der Waals surface area contributed by atoms with Crippen LogP contribution in [0.2, 0.25) is 0 Å². The third-order valence-electron chi connectivity index (χ3n) is 6.36. The Morgan fingerprint density at radius 2 is 1.73 bits per heavy atom. The average Bonchev–Trinajstić information content (AvgIpc) is 3.31. The number of amides is 2. The molecule has 0 unspecified atom stereocenters. The number of rotatable bonds is 11. The van der Waals surface area contributed by atoms with Gasteiger partial charge >= 0.3 is 0 Å². The molecule has 1 aromatic heterocycles. The van der Waals surface area contributed by atoms with Crippen LogP contribution in [0.1, 0.15) is 80.8 Å². The van der Waals surface area contributed by atoms with Gasteiger partial charge in [0.25, 0.3) is 17.0 Å². The van der Waals surface area contributed by atoms with E-state index in [0.29, 0.717) is 30.0 Å². The third kappa shape index (κ3) is 8.05. The number of carbonyl (C=O) groups excluding carboxylic acids is 3. The highest BCUT2D eigenvalue weighted by Gasteiger charge is 2.35. The monoisotopic (exact) mass is 529 g/mol. The predicted molar refractivity (Wildman–Crippen MR) is 145 cm³/mol. The fourth-order valence-electron chi connectivity index (χ4n) is 4.47. The van der Waals surface area contributed by atoms with E-state index < -0.39 is 12.0 Å². The van der Waals surface area contributed by atoms with Crippen molar-refractivity contribution in [2.24, 2.45) is 11.8 Å². The van der Waals surface area contributed by atoms with Crippen molar-refractivity contribution in [1.82, 2.24) is 20.8 Å². The molecule has 1 aliphatic rings. The minimum atomic E-state index is -0.776. The summed E-state index contributed by atoms with van der Waals surface area (Å²) in [4.78, 5) is 41.6. The Morgan fingerprint density at radius 1 is 1.05 bits per heavy atom. The smallest absolute Gasteiger partial charge is 0.286 e. The van der Waals surface area contributed by atoms with Gasteiger partial charge in [-0.15, -0.1) is 10.2 Å². The van der Waals surface area contributed by atoms with Gasteiger partial charge in [-0.2, -0.15) is 0 Å². The van der Waals surface area contributed by atoms with E-state index in [0.717, 1.165) is 18.5 Å². The number of hydrogen-bond acceptors (Lipinski definition) is 8. The summed E-state index contributed by atoms with van der Waals surface area (Å²) in [5, 5.41) is 14.5. The summed E-state index contributed by atoms with van der Waals surface area (Å²) in [6.45, 7) is 7.98. The summed E-state index contributed by atoms with van der Waals surface area (Å²) in [5.74, 6) is -1.18. The molecule has 1 aliphatic carbocycles. The van der Waals surface area contributed by atoms with Gasteiger partial charge < -0.3 is 20.0 Å². The minimum Gasteiger partial charge on any atom is -0.408 e. The Morgan fingerprint density at radius 3 is 2.35 bits per heavy atom. The molecule has 1 heterocycles. The number of thioether (sulfide) groups is 1. The van der Waals surface area contributed by atoms with E-state index in [4.69, 9.17) is 4.42 Å². The topological polar surface area (TPSA) is 117 Å². The molecule has 1 fully saturated rings. The molecule has 1 aromatic carbocycles. The molecular formula is C27H39N5O4S. The van der Waals surface area contributed by atoms with E-state index in [9.17, 15) is 14.4 Å². The summed E-state index contributed by atoms with van der Waals surface area (Å²) < 4.78 is 5.57. The van der Waals surface area contributed by atoms with Crippen molar-refractivity contribution in [2.45, 2.75) is 82.4 Å². The van der Waals surface area contributed by atoms with E-state index in [1.807, 2.05) is 58.8 Å². The van der Waals surface area contributed by atoms with Gasteiger partial charge in [-0.1, -0.05) is 52.3 Å². The Balaban J connectivity index is 1.70. The van der Waals surface area contributed by atoms with Crippen molar-refractivity contribution in [1.29, 1.82) is 0 Å². The fourth-order valence-corrected chi connectivity index (χ4v) is 5.09. The number of nitrogens with one attached hydrogen (secondary N) is 2. The molecule has 2 amide bonds. The number of anilines is 1. The average molecular weight is 530 g/mol. The number of ketones is 1. The Hall–Kier alpha value is -2.88. The van der Waals surface area contributed by atoms with Gasteiger partial charge in [-0.05, 0) is 49.4 Å². The van der Waals surface area contributed by atoms with E-state index >= 15 is 0 Å². The van der Waals surface area contributed by atoms with Crippen LogP contribution >= 0.6 is 11.8 Å². The quantitative estimate of drug-likeness (QED) is 0.326. The van der Waals surface area contributed by atoms with Crippen LogP contribution in [0.25, 0.3) is 0 Å². The molecule has 0 saturated heterocycles. The zero-order valence-electron chi connectivity index (χ0n) is 22.6. The molecule has 3 rings (SSSR count). The minimum absolute atomic E-state index is 0.0937. The van der Waals surface area contributed by atoms with Gasteiger partial charge in [-0.3, -0.25) is 14.4 Å². The van der Waals surface area contributed by atoms with Crippen molar-refractivity contribution in [3.05, 3.63) is 35.7 Å². The van der Waals surface area contributed by atoms with E-state index in [2.05, 4.69) is 20.8 Å². The van der Waals surface area contributed by atoms with Gasteiger partial charge in [0.05, 0.1) is 12.0 Å². The van der Waals surface area contributed by atoms with Gasteiger partial charge in [0.2, 0.25) is 11.7 Å². The van der Waals surface area contributed by atoms with Crippen LogP contribution in [0.15, 0.2) is 33.9 Å². The van der Waals surface area contributed by atoms with Gasteiger partial charge in [-0.25, -0.2) is 0 Å². The van der Waals surface area contributed by atoms with Crippen LogP contribution in [0.4, 0.5) is 5.69 Å². The van der Waals surface area contributed by atoms with Gasteiger partial charge in [0.1, 0.15) is 0 Å². The van der Waals surface area contributed by atoms with Crippen LogP contribution in [0, 0.1) is 11.8 Å². The molecule has 37 heavy (non-hydrogen) atoms. The Labute approximate surface area is 223 Å². The Kier molecular flexibility index (Phi) is 10.1. The largest absolute Gasteiger partial charge is 0.408 e. The lowest BCUT2D eigenvalue weighted by atomic mass is 9.83. The molecule has 0 radical (unpaired) electrons. The van der Waals surface area contributed by atoms with Crippen LogP contribution in [0.5, 0.6) is 0 Å². The molecule has 2 N–H and O–H groups in total. The van der Waals surface area contributed by atoms with E-state index in [1.54, 1.807) is 12.1 Å². The van der Waals surface area contributed by atoms with Crippen molar-refractivity contribution in [2.75, 3.05) is 19.0 Å². The van der Waals surface area contributed by atoms with E-state index in [-0.39, 0.29) is 40.7 Å². The normalized spacial score (nSPS) is 18.5. The molecule has 0 bridgehead atoms. The number of aromatic nitrogens is 2. The number of nitrogens with zero attached hydrogens (tertiary/aromatic N) is 3. The molecule has 9 nitrogen and oxygen atoms in total. The molecule has 2 aromatic rings. The van der Waals surface area contributed by atoms with Crippen molar-refractivity contribution in [3.63, 3.8) is 0 Å². The number of benzene rings is 1. The second kappa shape index (κ2) is 13.1. The van der Waals surface area contributed by atoms with Crippen molar-refractivity contribution >= 4 is 35.0 Å². The number of Topliss-reactive ketones (excluding diaryl/α,β-unsaturated/α-hetero) is 1. The maximum atomic E-state index is 13.4. The summed E-state index contributed by atoms with van der Waals surface area (Å²) in [6, 6.07) is 6.28. The maximum absolute atomic E-state index is 13.4. The summed E-state index contributed by atoms with van der Waals surface area (Å²) in [7, 11) is 3.89. The van der Waals surface area contributed by atoms with E-state index in [1.165, 1.54) is 11.8 Å². The van der Waals surface area contributed by atoms with Crippen LogP contribution in [0.3, 0.4) is 0 Å². The third-order valence-corrected chi connectivity index (χ3v) is 7.20. The first-order valence-corrected chi connectivity index (χ1v) is 13.9. The molecule has 202 valence electrons. The predicted octanol–water partition coefficient (Wildman–Crippen LogP) is 4.34. The van der Waals surface area contributed by atoms with Crippen LogP contribution < -0.4 is 15.5 Å². The molecule has 0 spiro atoms. The number of carbonyl (C=O) groups is 3. The van der Waals surface area contributed by atoms with Gasteiger partial charge in [0, 0.05) is 36.6 Å². The standard InChI is InChI=1S/C27H39N5O4S/c1-16(2)15-22(23(33)26-30-31-27(36-26)37-17(3)4)29-25(35)20-9-7-8-10-21(20)28-24(34)18-11-13-19(14-12-18)32(5)6/h11-14,16-17,20-22H,7-10,15H2,1-6H3,(H,28,34)(H,29,35)/t20-,21+,22+/m1/s1. The molecule has 3 atom stereocenters. The van der Waals surface area contributed by atoms with Crippen molar-refractivity contribution < 1.29 is 18.8 Å². The maximum Gasteiger partial charge on any atom is 0.286 e. The second-order valence-electron chi connectivity index (χ2n) is 10.5. The molecule has 1 saturated carbocycles. The first-order chi connectivity index (χ1) is 17.5. The lowest BCUT2D eigenvalue weighted by molar-refractivity contribution is -0.127. The Bertz CT molecular complexity index is 1070. The highest BCUT2D eigenvalue weighted by molar-refractivity contribution is 7.99. The zero-order chi connectivity index (χ0) is 27.1. The fraction of sp³-hybridized carbons (Fsp3) is 0.593. The molecule has 10 heteroatoms. The molecular weight excluding hydrogens is 490 g/mol. The summed E-state index contributed by atoms with van der Waals surface area (Å²) >= 11 is 1.38. The van der Waals surface area contributed by atoms with Crippen LogP contribution in [-0.2, 0) is 4.79 Å². The SMILES string of the molecule is CC(C)C[C@H](NC(=O)[C@@H]1CCCC[C@@H]1NC(=O)c1ccc(N(C)C)cc1)C(=O)c1nnc(SC(C)C)o1. The highest BCUT2D eigenvalue weighted by atomic mass is 32.2. The second-order valence-corrected chi connectivity index (χ2v) is 12.0. The summed E-state index contributed by atoms with van der Waals surface area (Å²) in [5.41, 5.74) is 1.55.